The molecule has 6 heteroatoms. The molecule has 1 heterocycles. The number of sulfonamides is 1. The van der Waals surface area contributed by atoms with Crippen molar-refractivity contribution in [1.82, 2.24) is 5.32 Å². The highest BCUT2D eigenvalue weighted by Gasteiger charge is 2.19. The Morgan fingerprint density at radius 3 is 2.38 bits per heavy atom. The molecule has 0 amide bonds. The van der Waals surface area contributed by atoms with E-state index in [1.165, 1.54) is 16.9 Å². The fourth-order valence-electron chi connectivity index (χ4n) is 2.00. The average Bonchev–Trinajstić information content (AvgIpc) is 2.88. The van der Waals surface area contributed by atoms with Gasteiger partial charge in [0, 0.05) is 17.1 Å². The molecule has 0 saturated heterocycles. The van der Waals surface area contributed by atoms with E-state index in [0.717, 1.165) is 4.88 Å². The van der Waals surface area contributed by atoms with Gasteiger partial charge in [0.15, 0.2) is 0 Å². The van der Waals surface area contributed by atoms with Crippen LogP contribution in [-0.2, 0) is 16.6 Å². The van der Waals surface area contributed by atoms with E-state index in [1.54, 1.807) is 30.6 Å². The highest BCUT2D eigenvalue weighted by atomic mass is 32.2. The maximum Gasteiger partial charge on any atom is 0.263 e. The third-order valence-electron chi connectivity index (χ3n) is 3.16. The first kappa shape index (κ1) is 16.0. The van der Waals surface area contributed by atoms with Crippen LogP contribution in [0, 0.1) is 0 Å². The van der Waals surface area contributed by atoms with Gasteiger partial charge in [-0.1, -0.05) is 26.0 Å². The summed E-state index contributed by atoms with van der Waals surface area (Å²) >= 11 is 1.44. The summed E-state index contributed by atoms with van der Waals surface area (Å²) in [6.07, 6.45) is 0. The van der Waals surface area contributed by atoms with Crippen LogP contribution in [0.15, 0.2) is 40.6 Å². The molecule has 0 fully saturated rings. The van der Waals surface area contributed by atoms with E-state index < -0.39 is 10.0 Å². The summed E-state index contributed by atoms with van der Waals surface area (Å²) in [4.78, 5) is 1.15. The van der Waals surface area contributed by atoms with Gasteiger partial charge in [-0.05, 0) is 42.1 Å². The quantitative estimate of drug-likeness (QED) is 0.856. The highest BCUT2D eigenvalue weighted by Crippen LogP contribution is 2.25. The van der Waals surface area contributed by atoms with Crippen LogP contribution in [-0.4, -0.2) is 15.5 Å². The first-order valence-corrected chi connectivity index (χ1v) is 9.14. The molecule has 0 aliphatic heterocycles. The summed E-state index contributed by atoms with van der Waals surface area (Å²) in [6, 6.07) is 9.14. The Morgan fingerprint density at radius 1 is 1.14 bits per heavy atom. The summed E-state index contributed by atoms with van der Waals surface area (Å²) < 4.78 is 27.5. The van der Waals surface area contributed by atoms with Crippen LogP contribution >= 0.6 is 11.3 Å². The van der Waals surface area contributed by atoms with Gasteiger partial charge in [0.1, 0.15) is 4.90 Å². The van der Waals surface area contributed by atoms with Gasteiger partial charge in [-0.15, -0.1) is 11.3 Å². The van der Waals surface area contributed by atoms with Gasteiger partial charge in [-0.2, -0.15) is 0 Å². The number of hydrogen-bond donors (Lipinski definition) is 2. The van der Waals surface area contributed by atoms with Crippen LogP contribution in [0.25, 0.3) is 0 Å². The molecule has 0 bridgehead atoms. The maximum atomic E-state index is 12.4. The van der Waals surface area contributed by atoms with E-state index in [9.17, 15) is 8.42 Å². The smallest absolute Gasteiger partial charge is 0.263 e. The molecule has 114 valence electrons. The minimum Gasteiger partial charge on any atom is -0.315 e. The van der Waals surface area contributed by atoms with Crippen molar-refractivity contribution in [3.63, 3.8) is 0 Å². The molecule has 0 radical (unpaired) electrons. The van der Waals surface area contributed by atoms with Crippen molar-refractivity contribution in [2.75, 3.05) is 11.8 Å². The predicted molar refractivity (Wildman–Crippen MR) is 88.4 cm³/mol. The molecule has 0 unspecified atom stereocenters. The molecule has 4 nitrogen and oxygen atoms in total. The zero-order valence-electron chi connectivity index (χ0n) is 12.4. The zero-order valence-corrected chi connectivity index (χ0v) is 14.0. The molecule has 0 saturated carbocycles. The number of thiophene rings is 1. The number of hydrogen-bond acceptors (Lipinski definition) is 4. The Balaban J connectivity index is 2.22. The number of nitrogens with one attached hydrogen (secondary N) is 2. The molecule has 1 aromatic heterocycles. The third kappa shape index (κ3) is 3.84. The second-order valence-electron chi connectivity index (χ2n) is 5.12. The maximum absolute atomic E-state index is 12.4. The molecule has 0 aliphatic rings. The average molecular weight is 324 g/mol. The summed E-state index contributed by atoms with van der Waals surface area (Å²) in [5.74, 6) is 0.426. The zero-order chi connectivity index (χ0) is 15.5. The molecule has 21 heavy (non-hydrogen) atoms. The molecule has 2 N–H and O–H groups in total. The van der Waals surface area contributed by atoms with Crippen LogP contribution in [0.4, 0.5) is 5.69 Å². The van der Waals surface area contributed by atoms with Crippen LogP contribution in [0.3, 0.4) is 0 Å². The highest BCUT2D eigenvalue weighted by molar-refractivity contribution is 7.93. The first-order valence-electron chi connectivity index (χ1n) is 6.78. The Hall–Kier alpha value is -1.37. The Morgan fingerprint density at radius 2 is 1.81 bits per heavy atom. The molecular weight excluding hydrogens is 304 g/mol. The van der Waals surface area contributed by atoms with Gasteiger partial charge in [-0.3, -0.25) is 4.72 Å². The third-order valence-corrected chi connectivity index (χ3v) is 5.68. The van der Waals surface area contributed by atoms with E-state index in [1.807, 2.05) is 12.1 Å². The number of benzene rings is 1. The molecule has 2 aromatic rings. The summed E-state index contributed by atoms with van der Waals surface area (Å²) in [6.45, 7) is 4.75. The Bertz CT molecular complexity index is 689. The van der Waals surface area contributed by atoms with Crippen molar-refractivity contribution in [2.45, 2.75) is 31.2 Å². The van der Waals surface area contributed by atoms with E-state index in [0.29, 0.717) is 23.0 Å². The van der Waals surface area contributed by atoms with Crippen LogP contribution in [0.5, 0.6) is 0 Å². The van der Waals surface area contributed by atoms with E-state index >= 15 is 0 Å². The first-order chi connectivity index (χ1) is 9.94. The molecule has 1 aromatic carbocycles. The van der Waals surface area contributed by atoms with Gasteiger partial charge in [0.05, 0.1) is 0 Å². The molecule has 0 atom stereocenters. The van der Waals surface area contributed by atoms with Gasteiger partial charge in [-0.25, -0.2) is 8.42 Å². The van der Waals surface area contributed by atoms with Crippen molar-refractivity contribution in [3.05, 3.63) is 46.2 Å². The summed E-state index contributed by atoms with van der Waals surface area (Å²) in [5, 5.41) is 4.78. The molecule has 2 rings (SSSR count). The molecular formula is C15H20N2O2S2. The van der Waals surface area contributed by atoms with Crippen LogP contribution in [0.2, 0.25) is 0 Å². The van der Waals surface area contributed by atoms with Gasteiger partial charge in [0.2, 0.25) is 0 Å². The number of rotatable bonds is 6. The second-order valence-corrected chi connectivity index (χ2v) is 7.77. The molecule has 0 spiro atoms. The van der Waals surface area contributed by atoms with E-state index in [2.05, 4.69) is 23.9 Å². The topological polar surface area (TPSA) is 58.2 Å². The fourth-order valence-corrected chi connectivity index (χ4v) is 4.52. The lowest BCUT2D eigenvalue weighted by Gasteiger charge is -2.10. The summed E-state index contributed by atoms with van der Waals surface area (Å²) in [7, 11) is -1.74. The van der Waals surface area contributed by atoms with Crippen molar-refractivity contribution < 1.29 is 8.42 Å². The largest absolute Gasteiger partial charge is 0.315 e. The predicted octanol–water partition coefficient (Wildman–Crippen LogP) is 3.39. The van der Waals surface area contributed by atoms with Gasteiger partial charge >= 0.3 is 0 Å². The fraction of sp³-hybridized carbons (Fsp3) is 0.333. The van der Waals surface area contributed by atoms with Crippen molar-refractivity contribution >= 4 is 27.0 Å². The number of anilines is 1. The molecule has 0 aliphatic carbocycles. The SMILES string of the molecule is CNCc1sccc1S(=O)(=O)Nc1ccc(C(C)C)cc1. The Labute approximate surface area is 130 Å². The Kier molecular flexibility index (Phi) is 5.03. The normalized spacial score (nSPS) is 11.8. The second kappa shape index (κ2) is 6.60. The van der Waals surface area contributed by atoms with Crippen molar-refractivity contribution in [2.24, 2.45) is 0 Å². The van der Waals surface area contributed by atoms with Gasteiger partial charge < -0.3 is 5.32 Å². The van der Waals surface area contributed by atoms with Crippen molar-refractivity contribution in [1.29, 1.82) is 0 Å². The monoisotopic (exact) mass is 324 g/mol. The minimum absolute atomic E-state index is 0.342. The van der Waals surface area contributed by atoms with Crippen molar-refractivity contribution in [3.8, 4) is 0 Å². The van der Waals surface area contributed by atoms with E-state index in [-0.39, 0.29) is 0 Å². The van der Waals surface area contributed by atoms with Gasteiger partial charge in [0.25, 0.3) is 10.0 Å². The minimum atomic E-state index is -3.54. The summed E-state index contributed by atoms with van der Waals surface area (Å²) in [5.41, 5.74) is 1.77. The lowest BCUT2D eigenvalue weighted by molar-refractivity contribution is 0.600. The standard InChI is InChI=1S/C15H20N2O2S2/c1-11(2)12-4-6-13(7-5-12)17-21(18,19)15-8-9-20-14(15)10-16-3/h4-9,11,16-17H,10H2,1-3H3. The van der Waals surface area contributed by atoms with Crippen LogP contribution < -0.4 is 10.0 Å². The van der Waals surface area contributed by atoms with E-state index in [4.69, 9.17) is 0 Å². The lowest BCUT2D eigenvalue weighted by Crippen LogP contribution is -2.15. The van der Waals surface area contributed by atoms with Crippen LogP contribution in [0.1, 0.15) is 30.2 Å². The lowest BCUT2D eigenvalue weighted by atomic mass is 10.0.